The summed E-state index contributed by atoms with van der Waals surface area (Å²) in [6.45, 7) is 8.29. The van der Waals surface area contributed by atoms with Crippen LogP contribution in [0.15, 0.2) is 126 Å². The van der Waals surface area contributed by atoms with Crippen LogP contribution < -0.4 is 10.1 Å². The second kappa shape index (κ2) is 15.4. The van der Waals surface area contributed by atoms with Crippen molar-refractivity contribution in [3.63, 3.8) is 0 Å². The average molecular weight is 692 g/mol. The summed E-state index contributed by atoms with van der Waals surface area (Å²) in [6.07, 6.45) is 0. The third-order valence-electron chi connectivity index (χ3n) is 7.64. The number of carbonyl (C=O) groups excluding carboxylic acids is 2. The van der Waals surface area contributed by atoms with Gasteiger partial charge in [0.05, 0.1) is 7.11 Å². The van der Waals surface area contributed by atoms with E-state index in [9.17, 15) is 9.59 Å². The summed E-state index contributed by atoms with van der Waals surface area (Å²) in [6, 6.07) is 37.5. The number of thiazole rings is 1. The number of hydrogen-bond acceptors (Lipinski definition) is 10. The van der Waals surface area contributed by atoms with Gasteiger partial charge in [0, 0.05) is 5.38 Å². The molecular formula is C40H41N3O6S. The van der Waals surface area contributed by atoms with E-state index in [-0.39, 0.29) is 18.0 Å². The molecule has 10 heteroatoms. The first-order valence-corrected chi connectivity index (χ1v) is 17.0. The van der Waals surface area contributed by atoms with E-state index >= 15 is 0 Å². The fourth-order valence-corrected chi connectivity index (χ4v) is 5.86. The zero-order chi connectivity index (χ0) is 35.8. The van der Waals surface area contributed by atoms with Crippen molar-refractivity contribution in [2.45, 2.75) is 58.0 Å². The van der Waals surface area contributed by atoms with Gasteiger partial charge in [-0.05, 0) is 69.0 Å². The number of anilines is 1. The van der Waals surface area contributed by atoms with Crippen LogP contribution in [0.2, 0.25) is 0 Å². The highest BCUT2D eigenvalue weighted by atomic mass is 32.1. The number of benzene rings is 4. The van der Waals surface area contributed by atoms with Gasteiger partial charge in [0.1, 0.15) is 29.2 Å². The molecule has 0 atom stereocenters. The number of rotatable bonds is 13. The van der Waals surface area contributed by atoms with Gasteiger partial charge in [0.25, 0.3) is 0 Å². The van der Waals surface area contributed by atoms with Gasteiger partial charge in [0.15, 0.2) is 5.13 Å². The molecule has 0 saturated heterocycles. The van der Waals surface area contributed by atoms with Crippen molar-refractivity contribution in [2.24, 2.45) is 5.16 Å². The Balaban J connectivity index is 1.53. The van der Waals surface area contributed by atoms with E-state index < -0.39 is 28.7 Å². The Kier molecular flexibility index (Phi) is 11.0. The summed E-state index contributed by atoms with van der Waals surface area (Å²) >= 11 is 1.30. The molecule has 9 nitrogen and oxygen atoms in total. The van der Waals surface area contributed by atoms with Crippen LogP contribution in [0.4, 0.5) is 5.13 Å². The van der Waals surface area contributed by atoms with Gasteiger partial charge in [-0.2, -0.15) is 0 Å². The van der Waals surface area contributed by atoms with Crippen LogP contribution in [0, 0.1) is 0 Å². The molecule has 1 aromatic heterocycles. The number of carbonyl (C=O) groups is 2. The van der Waals surface area contributed by atoms with Crippen molar-refractivity contribution in [2.75, 3.05) is 12.4 Å². The topological polar surface area (TPSA) is 108 Å². The second-order valence-corrected chi connectivity index (χ2v) is 13.8. The fraction of sp³-hybridized carbons (Fsp3) is 0.250. The van der Waals surface area contributed by atoms with E-state index in [1.165, 1.54) is 25.2 Å². The van der Waals surface area contributed by atoms with E-state index in [1.807, 2.05) is 54.6 Å². The quantitative estimate of drug-likeness (QED) is 0.0571. The normalized spacial score (nSPS) is 12.2. The number of methoxy groups -OCH3 is 1. The largest absolute Gasteiger partial charge is 0.497 e. The molecule has 0 radical (unpaired) electrons. The molecule has 50 heavy (non-hydrogen) atoms. The standard InChI is InChI=1S/C40H41N3O6S/c1-38(2,3)48-36(45)39(4,5)49-43-34(35(44)47-26-28-22-24-32(46-6)25-23-28)33-27-50-37(41-33)42-40(29-16-10-7-11-17-29,30-18-12-8-13-19-30)31-20-14-9-15-21-31/h7-25,27H,26H2,1-6H3,(H,41,42). The molecular weight excluding hydrogens is 651 g/mol. The Morgan fingerprint density at radius 2 is 1.28 bits per heavy atom. The molecule has 0 unspecified atom stereocenters. The third-order valence-corrected chi connectivity index (χ3v) is 8.40. The lowest BCUT2D eigenvalue weighted by Crippen LogP contribution is -2.40. The van der Waals surface area contributed by atoms with Crippen LogP contribution in [0.3, 0.4) is 0 Å². The fourth-order valence-electron chi connectivity index (χ4n) is 5.11. The Hall–Kier alpha value is -5.48. The van der Waals surface area contributed by atoms with Crippen molar-refractivity contribution in [3.8, 4) is 5.75 Å². The van der Waals surface area contributed by atoms with Crippen LogP contribution in [-0.2, 0) is 36.0 Å². The van der Waals surface area contributed by atoms with Gasteiger partial charge in [0.2, 0.25) is 11.3 Å². The Labute approximate surface area is 296 Å². The first-order valence-electron chi connectivity index (χ1n) is 16.1. The molecule has 0 aliphatic heterocycles. The first-order chi connectivity index (χ1) is 23.9. The van der Waals surface area contributed by atoms with E-state index in [2.05, 4.69) is 46.9 Å². The number of aromatic nitrogens is 1. The van der Waals surface area contributed by atoms with Gasteiger partial charge >= 0.3 is 11.9 Å². The highest BCUT2D eigenvalue weighted by Gasteiger charge is 2.38. The molecule has 0 saturated carbocycles. The summed E-state index contributed by atoms with van der Waals surface area (Å²) in [7, 11) is 1.58. The molecule has 0 aliphatic carbocycles. The minimum atomic E-state index is -1.52. The van der Waals surface area contributed by atoms with Crippen LogP contribution in [0.5, 0.6) is 5.75 Å². The molecule has 0 spiro atoms. The Morgan fingerprint density at radius 3 is 1.76 bits per heavy atom. The van der Waals surface area contributed by atoms with Gasteiger partial charge < -0.3 is 24.4 Å². The third kappa shape index (κ3) is 8.56. The van der Waals surface area contributed by atoms with Crippen molar-refractivity contribution in [3.05, 3.63) is 149 Å². The predicted octanol–water partition coefficient (Wildman–Crippen LogP) is 8.14. The summed E-state index contributed by atoms with van der Waals surface area (Å²) in [5.41, 5.74) is 0.602. The van der Waals surface area contributed by atoms with E-state index in [0.717, 1.165) is 22.3 Å². The van der Waals surface area contributed by atoms with Gasteiger partial charge in [-0.3, -0.25) is 0 Å². The first kappa shape index (κ1) is 35.8. The number of hydrogen-bond donors (Lipinski definition) is 1. The molecule has 5 aromatic rings. The van der Waals surface area contributed by atoms with E-state index in [1.54, 1.807) is 57.5 Å². The highest BCUT2D eigenvalue weighted by molar-refractivity contribution is 7.14. The van der Waals surface area contributed by atoms with Crippen LogP contribution in [0.1, 0.15) is 62.6 Å². The molecule has 4 aromatic carbocycles. The minimum Gasteiger partial charge on any atom is -0.497 e. The lowest BCUT2D eigenvalue weighted by Gasteiger charge is -2.36. The molecule has 258 valence electrons. The molecule has 1 N–H and O–H groups in total. The van der Waals surface area contributed by atoms with Crippen LogP contribution >= 0.6 is 11.3 Å². The molecule has 1 heterocycles. The van der Waals surface area contributed by atoms with Gasteiger partial charge in [-0.1, -0.05) is 108 Å². The Morgan fingerprint density at radius 1 is 0.760 bits per heavy atom. The maximum absolute atomic E-state index is 13.7. The maximum atomic E-state index is 13.7. The van der Waals surface area contributed by atoms with E-state index in [4.69, 9.17) is 24.0 Å². The second-order valence-electron chi connectivity index (χ2n) is 13.0. The van der Waals surface area contributed by atoms with Crippen molar-refractivity contribution in [1.82, 2.24) is 4.98 Å². The minimum absolute atomic E-state index is 0.0360. The zero-order valence-electron chi connectivity index (χ0n) is 29.0. The predicted molar refractivity (Wildman–Crippen MR) is 195 cm³/mol. The zero-order valence-corrected chi connectivity index (χ0v) is 29.8. The number of ether oxygens (including phenoxy) is 3. The maximum Gasteiger partial charge on any atom is 0.363 e. The summed E-state index contributed by atoms with van der Waals surface area (Å²) in [5.74, 6) is -0.739. The Bertz CT molecular complexity index is 1810. The average Bonchev–Trinajstić information content (AvgIpc) is 3.58. The van der Waals surface area contributed by atoms with Gasteiger partial charge in [-0.25, -0.2) is 14.6 Å². The number of esters is 2. The van der Waals surface area contributed by atoms with Crippen LogP contribution in [0.25, 0.3) is 0 Å². The molecule has 0 bridgehead atoms. The number of oxime groups is 1. The lowest BCUT2D eigenvalue weighted by atomic mass is 9.77. The van der Waals surface area contributed by atoms with Gasteiger partial charge in [-0.15, -0.1) is 11.3 Å². The molecule has 5 rings (SSSR count). The summed E-state index contributed by atoms with van der Waals surface area (Å²) in [4.78, 5) is 37.2. The number of nitrogens with zero attached hydrogens (tertiary/aromatic N) is 2. The number of nitrogens with one attached hydrogen (secondary N) is 1. The summed E-state index contributed by atoms with van der Waals surface area (Å²) < 4.78 is 16.4. The summed E-state index contributed by atoms with van der Waals surface area (Å²) in [5, 5.41) is 10.1. The molecule has 0 aliphatic rings. The SMILES string of the molecule is COc1ccc(COC(=O)C(=NOC(C)(C)C(=O)OC(C)(C)C)c2csc(NC(c3ccccc3)(c3ccccc3)c3ccccc3)n2)cc1. The van der Waals surface area contributed by atoms with Crippen molar-refractivity contribution in [1.29, 1.82) is 0 Å². The van der Waals surface area contributed by atoms with E-state index in [0.29, 0.717) is 10.9 Å². The lowest BCUT2D eigenvalue weighted by molar-refractivity contribution is -0.179. The monoisotopic (exact) mass is 691 g/mol. The van der Waals surface area contributed by atoms with Crippen LogP contribution in [-0.4, -0.2) is 40.9 Å². The highest BCUT2D eigenvalue weighted by Crippen LogP contribution is 2.40. The van der Waals surface area contributed by atoms with Crippen molar-refractivity contribution >= 4 is 34.1 Å². The molecule has 0 amide bonds. The molecule has 0 fully saturated rings. The smallest absolute Gasteiger partial charge is 0.363 e. The van der Waals surface area contributed by atoms with Crippen molar-refractivity contribution < 1.29 is 28.6 Å².